The first-order valence-corrected chi connectivity index (χ1v) is 7.49. The average molecular weight is 333 g/mol. The lowest BCUT2D eigenvalue weighted by Gasteiger charge is -2.13. The van der Waals surface area contributed by atoms with E-state index in [1.165, 1.54) is 24.3 Å². The summed E-state index contributed by atoms with van der Waals surface area (Å²) in [5, 5.41) is 2.81. The van der Waals surface area contributed by atoms with Gasteiger partial charge in [0.2, 0.25) is 5.91 Å². The number of benzene rings is 2. The zero-order valence-corrected chi connectivity index (χ0v) is 13.7. The van der Waals surface area contributed by atoms with Gasteiger partial charge in [0.05, 0.1) is 27.2 Å². The normalized spacial score (nSPS) is 10.1. The standard InChI is InChI=1S/C18H20FNO4/c1-22-16-5-3-4-13(18(16)23-2)12-20-17(21)10-11-24-15-8-6-14(19)7-9-15/h3-9H,10-12H2,1-2H3,(H,20,21). The van der Waals surface area contributed by atoms with Crippen molar-refractivity contribution in [2.24, 2.45) is 0 Å². The van der Waals surface area contributed by atoms with Gasteiger partial charge in [0, 0.05) is 12.1 Å². The van der Waals surface area contributed by atoms with Crippen molar-refractivity contribution in [3.8, 4) is 17.2 Å². The molecule has 0 aliphatic carbocycles. The molecule has 24 heavy (non-hydrogen) atoms. The first-order valence-electron chi connectivity index (χ1n) is 7.49. The summed E-state index contributed by atoms with van der Waals surface area (Å²) in [6, 6.07) is 11.1. The number of carbonyl (C=O) groups excluding carboxylic acids is 1. The van der Waals surface area contributed by atoms with Gasteiger partial charge in [-0.1, -0.05) is 12.1 Å². The highest BCUT2D eigenvalue weighted by atomic mass is 19.1. The van der Waals surface area contributed by atoms with Gasteiger partial charge in [0.25, 0.3) is 0 Å². The topological polar surface area (TPSA) is 56.8 Å². The Bertz CT molecular complexity index is 673. The quantitative estimate of drug-likeness (QED) is 0.807. The maximum Gasteiger partial charge on any atom is 0.223 e. The summed E-state index contributed by atoms with van der Waals surface area (Å²) in [5.74, 6) is 1.26. The largest absolute Gasteiger partial charge is 0.493 e. The van der Waals surface area contributed by atoms with E-state index in [1.807, 2.05) is 12.1 Å². The second kappa shape index (κ2) is 8.76. The second-order valence-electron chi connectivity index (χ2n) is 4.98. The Morgan fingerprint density at radius 2 is 1.83 bits per heavy atom. The van der Waals surface area contributed by atoms with Crippen molar-refractivity contribution in [1.29, 1.82) is 0 Å². The molecule has 0 saturated carbocycles. The Kier molecular flexibility index (Phi) is 6.42. The third-order valence-corrected chi connectivity index (χ3v) is 3.37. The molecule has 0 aliphatic heterocycles. The molecule has 1 N–H and O–H groups in total. The van der Waals surface area contributed by atoms with Gasteiger partial charge in [0.15, 0.2) is 11.5 Å². The lowest BCUT2D eigenvalue weighted by atomic mass is 10.2. The van der Waals surface area contributed by atoms with Gasteiger partial charge in [-0.25, -0.2) is 4.39 Å². The zero-order chi connectivity index (χ0) is 17.4. The van der Waals surface area contributed by atoms with Gasteiger partial charge >= 0.3 is 0 Å². The van der Waals surface area contributed by atoms with Crippen molar-refractivity contribution >= 4 is 5.91 Å². The Morgan fingerprint density at radius 3 is 2.50 bits per heavy atom. The molecule has 0 radical (unpaired) electrons. The lowest BCUT2D eigenvalue weighted by molar-refractivity contribution is -0.121. The van der Waals surface area contributed by atoms with Gasteiger partial charge in [-0.2, -0.15) is 0 Å². The Labute approximate surface area is 140 Å². The highest BCUT2D eigenvalue weighted by molar-refractivity contribution is 5.76. The van der Waals surface area contributed by atoms with Crippen molar-refractivity contribution < 1.29 is 23.4 Å². The smallest absolute Gasteiger partial charge is 0.223 e. The molecule has 1 amide bonds. The van der Waals surface area contributed by atoms with E-state index in [0.29, 0.717) is 23.8 Å². The minimum Gasteiger partial charge on any atom is -0.493 e. The molecule has 0 atom stereocenters. The van der Waals surface area contributed by atoms with E-state index in [2.05, 4.69) is 5.32 Å². The zero-order valence-electron chi connectivity index (χ0n) is 13.7. The average Bonchev–Trinajstić information content (AvgIpc) is 2.61. The Balaban J connectivity index is 1.80. The minimum atomic E-state index is -0.327. The molecule has 0 aliphatic rings. The third kappa shape index (κ3) is 4.87. The molecule has 0 saturated heterocycles. The van der Waals surface area contributed by atoms with Gasteiger partial charge in [0.1, 0.15) is 11.6 Å². The molecular formula is C18H20FNO4. The van der Waals surface area contributed by atoms with Crippen LogP contribution in [0.1, 0.15) is 12.0 Å². The molecule has 5 nitrogen and oxygen atoms in total. The first kappa shape index (κ1) is 17.6. The minimum absolute atomic E-state index is 0.151. The van der Waals surface area contributed by atoms with Gasteiger partial charge in [-0.15, -0.1) is 0 Å². The number of methoxy groups -OCH3 is 2. The number of carbonyl (C=O) groups is 1. The van der Waals surface area contributed by atoms with Gasteiger partial charge < -0.3 is 19.5 Å². The molecule has 0 spiro atoms. The molecule has 0 bridgehead atoms. The van der Waals surface area contributed by atoms with Crippen molar-refractivity contribution in [2.75, 3.05) is 20.8 Å². The Morgan fingerprint density at radius 1 is 1.08 bits per heavy atom. The van der Waals surface area contributed by atoms with E-state index < -0.39 is 0 Å². The van der Waals surface area contributed by atoms with Crippen LogP contribution < -0.4 is 19.5 Å². The second-order valence-corrected chi connectivity index (χ2v) is 4.98. The van der Waals surface area contributed by atoms with Crippen molar-refractivity contribution in [3.05, 3.63) is 53.8 Å². The summed E-state index contributed by atoms with van der Waals surface area (Å²) in [4.78, 5) is 11.9. The van der Waals surface area contributed by atoms with Crippen LogP contribution >= 0.6 is 0 Å². The molecule has 2 rings (SSSR count). The fraction of sp³-hybridized carbons (Fsp3) is 0.278. The fourth-order valence-corrected chi connectivity index (χ4v) is 2.17. The number of hydrogen-bond donors (Lipinski definition) is 1. The lowest BCUT2D eigenvalue weighted by Crippen LogP contribution is -2.24. The third-order valence-electron chi connectivity index (χ3n) is 3.37. The van der Waals surface area contributed by atoms with E-state index in [9.17, 15) is 9.18 Å². The monoisotopic (exact) mass is 333 g/mol. The van der Waals surface area contributed by atoms with E-state index in [1.54, 1.807) is 20.3 Å². The van der Waals surface area contributed by atoms with Crippen LogP contribution in [0.15, 0.2) is 42.5 Å². The van der Waals surface area contributed by atoms with Crippen LogP contribution in [0.5, 0.6) is 17.2 Å². The van der Waals surface area contributed by atoms with Crippen molar-refractivity contribution in [2.45, 2.75) is 13.0 Å². The highest BCUT2D eigenvalue weighted by Gasteiger charge is 2.10. The van der Waals surface area contributed by atoms with Gasteiger partial charge in [-0.05, 0) is 30.3 Å². The predicted molar refractivity (Wildman–Crippen MR) is 87.9 cm³/mol. The van der Waals surface area contributed by atoms with Crippen LogP contribution in [0.4, 0.5) is 4.39 Å². The fourth-order valence-electron chi connectivity index (χ4n) is 2.17. The first-order chi connectivity index (χ1) is 11.6. The van der Waals surface area contributed by atoms with Crippen molar-refractivity contribution in [1.82, 2.24) is 5.32 Å². The maximum atomic E-state index is 12.8. The number of amides is 1. The van der Waals surface area contributed by atoms with E-state index >= 15 is 0 Å². The number of nitrogens with one attached hydrogen (secondary N) is 1. The summed E-state index contributed by atoms with van der Waals surface area (Å²) in [6.45, 7) is 0.544. The van der Waals surface area contributed by atoms with E-state index in [-0.39, 0.29) is 24.8 Å². The molecule has 2 aromatic rings. The number of para-hydroxylation sites is 1. The highest BCUT2D eigenvalue weighted by Crippen LogP contribution is 2.30. The summed E-state index contributed by atoms with van der Waals surface area (Å²) in [5.41, 5.74) is 0.824. The van der Waals surface area contributed by atoms with E-state index in [0.717, 1.165) is 5.56 Å². The van der Waals surface area contributed by atoms with Crippen LogP contribution in [-0.4, -0.2) is 26.7 Å². The summed E-state index contributed by atoms with van der Waals surface area (Å²) in [6.07, 6.45) is 0.198. The molecule has 2 aromatic carbocycles. The van der Waals surface area contributed by atoms with Crippen LogP contribution in [-0.2, 0) is 11.3 Å². The van der Waals surface area contributed by atoms with Gasteiger partial charge in [-0.3, -0.25) is 4.79 Å². The summed E-state index contributed by atoms with van der Waals surface area (Å²) in [7, 11) is 3.12. The molecule has 128 valence electrons. The van der Waals surface area contributed by atoms with E-state index in [4.69, 9.17) is 14.2 Å². The van der Waals surface area contributed by atoms with Crippen LogP contribution in [0.25, 0.3) is 0 Å². The molecule has 6 heteroatoms. The molecule has 0 unspecified atom stereocenters. The number of halogens is 1. The molecular weight excluding hydrogens is 313 g/mol. The predicted octanol–water partition coefficient (Wildman–Crippen LogP) is 2.93. The van der Waals surface area contributed by atoms with Crippen LogP contribution in [0, 0.1) is 5.82 Å². The Hall–Kier alpha value is -2.76. The summed E-state index contributed by atoms with van der Waals surface area (Å²) < 4.78 is 28.7. The van der Waals surface area contributed by atoms with Crippen molar-refractivity contribution in [3.63, 3.8) is 0 Å². The SMILES string of the molecule is COc1cccc(CNC(=O)CCOc2ccc(F)cc2)c1OC. The summed E-state index contributed by atoms with van der Waals surface area (Å²) >= 11 is 0. The van der Waals surface area contributed by atoms with Crippen LogP contribution in [0.2, 0.25) is 0 Å². The molecule has 0 aromatic heterocycles. The number of hydrogen-bond acceptors (Lipinski definition) is 4. The molecule has 0 fully saturated rings. The molecule has 0 heterocycles. The van der Waals surface area contributed by atoms with Crippen LogP contribution in [0.3, 0.4) is 0 Å². The number of rotatable bonds is 8. The number of ether oxygens (including phenoxy) is 3. The maximum absolute atomic E-state index is 12.8.